The molecule has 1 amide bonds. The molecule has 5 rings (SSSR count). The van der Waals surface area contributed by atoms with Crippen molar-refractivity contribution in [3.05, 3.63) is 122 Å². The second-order valence-electron chi connectivity index (χ2n) is 7.80. The summed E-state index contributed by atoms with van der Waals surface area (Å²) in [6, 6.07) is 22.7. The number of benzene rings is 3. The number of rotatable bonds is 6. The van der Waals surface area contributed by atoms with Crippen LogP contribution in [0.1, 0.15) is 16.7 Å². The van der Waals surface area contributed by atoms with Gasteiger partial charge < -0.3 is 10.6 Å². The summed E-state index contributed by atoms with van der Waals surface area (Å²) < 4.78 is 1.69. The van der Waals surface area contributed by atoms with Crippen molar-refractivity contribution in [2.24, 2.45) is 0 Å². The fourth-order valence-electron chi connectivity index (χ4n) is 3.90. The first-order valence-corrected chi connectivity index (χ1v) is 10.5. The molecule has 4 aromatic rings. The van der Waals surface area contributed by atoms with Gasteiger partial charge >= 0.3 is 0 Å². The monoisotopic (exact) mass is 453 g/mol. The Morgan fingerprint density at radius 2 is 1.74 bits per heavy atom. The van der Waals surface area contributed by atoms with Gasteiger partial charge in [-0.2, -0.15) is 0 Å². The number of hydrogen-bond acceptors (Lipinski definition) is 5. The molecule has 0 bridgehead atoms. The van der Waals surface area contributed by atoms with Gasteiger partial charge in [0.05, 0.1) is 22.7 Å². The molecule has 3 aromatic carbocycles. The molecule has 0 radical (unpaired) electrons. The van der Waals surface area contributed by atoms with Gasteiger partial charge in [0.15, 0.2) is 0 Å². The fourth-order valence-corrected chi connectivity index (χ4v) is 3.90. The lowest BCUT2D eigenvalue weighted by molar-refractivity contribution is -0.384. The molecule has 0 atom stereocenters. The SMILES string of the molecule is O=C1Nc2ccc([N+](=O)[O-])cc2C1=C(Nc1ccc(Cn2ccc(=O)[nH]2)cc1)c1ccccc1. The number of fused-ring (bicyclic) bond motifs is 1. The van der Waals surface area contributed by atoms with Crippen LogP contribution in [0.3, 0.4) is 0 Å². The van der Waals surface area contributed by atoms with Crippen molar-refractivity contribution < 1.29 is 9.72 Å². The highest BCUT2D eigenvalue weighted by molar-refractivity contribution is 6.37. The van der Waals surface area contributed by atoms with Crippen LogP contribution >= 0.6 is 0 Å². The van der Waals surface area contributed by atoms with Gasteiger partial charge in [-0.1, -0.05) is 42.5 Å². The van der Waals surface area contributed by atoms with Crippen LogP contribution in [0.2, 0.25) is 0 Å². The summed E-state index contributed by atoms with van der Waals surface area (Å²) in [4.78, 5) is 35.1. The minimum atomic E-state index is -0.479. The average Bonchev–Trinajstić information content (AvgIpc) is 3.40. The first-order valence-electron chi connectivity index (χ1n) is 10.5. The lowest BCUT2D eigenvalue weighted by atomic mass is 9.99. The minimum Gasteiger partial charge on any atom is -0.354 e. The molecule has 0 saturated carbocycles. The lowest BCUT2D eigenvalue weighted by Crippen LogP contribution is -2.10. The van der Waals surface area contributed by atoms with E-state index in [2.05, 4.69) is 15.7 Å². The summed E-state index contributed by atoms with van der Waals surface area (Å²) in [5.41, 5.74) is 4.10. The first kappa shape index (κ1) is 21.0. The number of amides is 1. The molecule has 0 aliphatic carbocycles. The van der Waals surface area contributed by atoms with Crippen molar-refractivity contribution in [2.45, 2.75) is 6.54 Å². The number of nitrogens with zero attached hydrogens (tertiary/aromatic N) is 2. The topological polar surface area (TPSA) is 122 Å². The molecule has 2 heterocycles. The first-order chi connectivity index (χ1) is 16.5. The van der Waals surface area contributed by atoms with Gasteiger partial charge in [0.2, 0.25) is 0 Å². The number of nitro groups is 1. The number of carbonyl (C=O) groups excluding carboxylic acids is 1. The van der Waals surface area contributed by atoms with Crippen molar-refractivity contribution in [3.8, 4) is 0 Å². The molecule has 168 valence electrons. The molecule has 9 heteroatoms. The van der Waals surface area contributed by atoms with Crippen LogP contribution in [0, 0.1) is 10.1 Å². The summed E-state index contributed by atoms with van der Waals surface area (Å²) in [5.74, 6) is -0.338. The Kier molecular flexibility index (Phi) is 5.27. The Morgan fingerprint density at radius 3 is 2.41 bits per heavy atom. The largest absolute Gasteiger partial charge is 0.354 e. The van der Waals surface area contributed by atoms with Crippen molar-refractivity contribution in [3.63, 3.8) is 0 Å². The highest BCUT2D eigenvalue weighted by Crippen LogP contribution is 2.39. The summed E-state index contributed by atoms with van der Waals surface area (Å²) in [7, 11) is 0. The maximum Gasteiger partial charge on any atom is 0.270 e. The molecular weight excluding hydrogens is 434 g/mol. The molecule has 34 heavy (non-hydrogen) atoms. The van der Waals surface area contributed by atoms with E-state index in [9.17, 15) is 19.7 Å². The number of nitrogens with one attached hydrogen (secondary N) is 3. The smallest absolute Gasteiger partial charge is 0.270 e. The predicted molar refractivity (Wildman–Crippen MR) is 129 cm³/mol. The quantitative estimate of drug-likeness (QED) is 0.231. The van der Waals surface area contributed by atoms with Gasteiger partial charge in [0, 0.05) is 41.3 Å². The number of nitro benzene ring substituents is 1. The van der Waals surface area contributed by atoms with Crippen LogP contribution in [0.4, 0.5) is 17.1 Å². The zero-order valence-electron chi connectivity index (χ0n) is 17.8. The second-order valence-corrected chi connectivity index (χ2v) is 7.80. The third-order valence-corrected chi connectivity index (χ3v) is 5.51. The van der Waals surface area contributed by atoms with Crippen LogP contribution in [-0.2, 0) is 11.3 Å². The normalized spacial score (nSPS) is 13.8. The average molecular weight is 453 g/mol. The van der Waals surface area contributed by atoms with Gasteiger partial charge in [-0.3, -0.25) is 29.5 Å². The number of carbonyl (C=O) groups is 1. The second kappa shape index (κ2) is 8.55. The Hall–Kier alpha value is -4.92. The van der Waals surface area contributed by atoms with Crippen molar-refractivity contribution in [1.29, 1.82) is 0 Å². The van der Waals surface area contributed by atoms with E-state index >= 15 is 0 Å². The molecule has 1 aliphatic rings. The standard InChI is InChI=1S/C25H19N5O4/c31-22-12-13-29(28-22)15-16-6-8-18(9-7-16)26-24(17-4-2-1-3-5-17)23-20-14-19(30(33)34)10-11-21(20)27-25(23)32/h1-14,26H,15H2,(H,27,32)(H,28,31). The molecule has 3 N–H and O–H groups in total. The number of anilines is 2. The molecular formula is C25H19N5O4. The molecule has 0 unspecified atom stereocenters. The molecule has 0 saturated heterocycles. The zero-order chi connectivity index (χ0) is 23.7. The van der Waals surface area contributed by atoms with Gasteiger partial charge in [0.25, 0.3) is 17.2 Å². The van der Waals surface area contributed by atoms with Crippen molar-refractivity contribution in [1.82, 2.24) is 9.78 Å². The van der Waals surface area contributed by atoms with E-state index in [1.165, 1.54) is 18.2 Å². The van der Waals surface area contributed by atoms with E-state index in [0.717, 1.165) is 16.8 Å². The highest BCUT2D eigenvalue weighted by atomic mass is 16.6. The Bertz CT molecular complexity index is 1480. The zero-order valence-corrected chi connectivity index (χ0v) is 17.8. The maximum absolute atomic E-state index is 13.0. The van der Waals surface area contributed by atoms with E-state index < -0.39 is 4.92 Å². The number of H-pyrrole nitrogens is 1. The van der Waals surface area contributed by atoms with Crippen LogP contribution in [0.25, 0.3) is 11.3 Å². The van der Waals surface area contributed by atoms with Gasteiger partial charge in [-0.25, -0.2) is 0 Å². The third kappa shape index (κ3) is 4.09. The molecule has 0 fully saturated rings. The van der Waals surface area contributed by atoms with Gasteiger partial charge in [0.1, 0.15) is 0 Å². The van der Waals surface area contributed by atoms with Gasteiger partial charge in [-0.15, -0.1) is 0 Å². The summed E-state index contributed by atoms with van der Waals surface area (Å²) in [6.45, 7) is 0.509. The van der Waals surface area contributed by atoms with Crippen LogP contribution < -0.4 is 16.2 Å². The highest BCUT2D eigenvalue weighted by Gasteiger charge is 2.30. The molecule has 9 nitrogen and oxygen atoms in total. The maximum atomic E-state index is 13.0. The lowest BCUT2D eigenvalue weighted by Gasteiger charge is -2.15. The van der Waals surface area contributed by atoms with Crippen molar-refractivity contribution >= 4 is 34.2 Å². The Morgan fingerprint density at radius 1 is 0.971 bits per heavy atom. The number of aromatic nitrogens is 2. The van der Waals surface area contributed by atoms with E-state index in [0.29, 0.717) is 29.1 Å². The molecule has 1 aromatic heterocycles. The van der Waals surface area contributed by atoms with Crippen LogP contribution in [-0.4, -0.2) is 20.6 Å². The van der Waals surface area contributed by atoms with E-state index in [1.54, 1.807) is 16.9 Å². The van der Waals surface area contributed by atoms with Crippen LogP contribution in [0.5, 0.6) is 0 Å². The third-order valence-electron chi connectivity index (χ3n) is 5.51. The van der Waals surface area contributed by atoms with E-state index in [1.807, 2.05) is 54.6 Å². The number of aromatic amines is 1. The number of hydrogen-bond donors (Lipinski definition) is 3. The summed E-state index contributed by atoms with van der Waals surface area (Å²) in [5, 5.41) is 20.2. The fraction of sp³-hybridized carbons (Fsp3) is 0.0400. The number of non-ortho nitro benzene ring substituents is 1. The summed E-state index contributed by atoms with van der Waals surface area (Å²) >= 11 is 0. The minimum absolute atomic E-state index is 0.0902. The Balaban J connectivity index is 1.54. The Labute approximate surface area is 193 Å². The predicted octanol–water partition coefficient (Wildman–Crippen LogP) is 4.07. The summed E-state index contributed by atoms with van der Waals surface area (Å²) in [6.07, 6.45) is 1.68. The van der Waals surface area contributed by atoms with E-state index in [4.69, 9.17) is 0 Å². The van der Waals surface area contributed by atoms with Crippen molar-refractivity contribution in [2.75, 3.05) is 10.6 Å². The van der Waals surface area contributed by atoms with Crippen LogP contribution in [0.15, 0.2) is 89.9 Å². The van der Waals surface area contributed by atoms with Gasteiger partial charge in [-0.05, 0) is 29.3 Å². The molecule has 0 spiro atoms. The molecule has 1 aliphatic heterocycles. The van der Waals surface area contributed by atoms with E-state index in [-0.39, 0.29) is 17.2 Å².